The second kappa shape index (κ2) is 9.23. The van der Waals surface area contributed by atoms with Gasteiger partial charge in [0.2, 0.25) is 0 Å². The summed E-state index contributed by atoms with van der Waals surface area (Å²) in [6, 6.07) is 7.60. The van der Waals surface area contributed by atoms with Crippen LogP contribution in [0.5, 0.6) is 11.5 Å². The quantitative estimate of drug-likeness (QED) is 0.756. The van der Waals surface area contributed by atoms with Crippen LogP contribution in [0.1, 0.15) is 20.8 Å². The molecule has 1 aromatic rings. The number of ether oxygens (including phenoxy) is 2. The summed E-state index contributed by atoms with van der Waals surface area (Å²) in [7, 11) is 1.58. The first kappa shape index (κ1) is 17.3. The van der Waals surface area contributed by atoms with Gasteiger partial charge in [0, 0.05) is 12.6 Å². The van der Waals surface area contributed by atoms with Crippen LogP contribution < -0.4 is 14.8 Å². The first-order chi connectivity index (χ1) is 10.1. The van der Waals surface area contributed by atoms with E-state index in [0.717, 1.165) is 13.1 Å². The summed E-state index contributed by atoms with van der Waals surface area (Å²) in [4.78, 5) is 14.1. The van der Waals surface area contributed by atoms with Crippen molar-refractivity contribution in [1.29, 1.82) is 0 Å². The molecule has 118 valence electrons. The van der Waals surface area contributed by atoms with Crippen molar-refractivity contribution in [3.8, 4) is 11.5 Å². The molecule has 1 atom stereocenters. The molecule has 0 radical (unpaired) electrons. The number of nitrogens with zero attached hydrogens (tertiary/aromatic N) is 1. The summed E-state index contributed by atoms with van der Waals surface area (Å²) in [6.07, 6.45) is 0. The second-order valence-electron chi connectivity index (χ2n) is 4.81. The minimum Gasteiger partial charge on any atom is -0.493 e. The third-order valence-corrected chi connectivity index (χ3v) is 3.46. The first-order valence-electron chi connectivity index (χ1n) is 7.38. The van der Waals surface area contributed by atoms with Crippen molar-refractivity contribution in [3.63, 3.8) is 0 Å². The van der Waals surface area contributed by atoms with Crippen LogP contribution in [0.2, 0.25) is 0 Å². The molecular formula is C16H26N2O3. The number of rotatable bonds is 9. The molecule has 1 rings (SSSR count). The summed E-state index contributed by atoms with van der Waals surface area (Å²) < 4.78 is 10.7. The Hall–Kier alpha value is -1.75. The molecule has 0 fully saturated rings. The maximum atomic E-state index is 11.8. The predicted octanol–water partition coefficient (Wildman–Crippen LogP) is 1.92. The van der Waals surface area contributed by atoms with Gasteiger partial charge >= 0.3 is 0 Å². The molecule has 0 bridgehead atoms. The number of likely N-dealkylation sites (N-methyl/N-ethyl adjacent to an activating group) is 1. The standard InChI is InChI=1S/C16H26N2O3/c1-5-18(6-2)13(3)11-17-16(19)12-21-15-10-8-7-9-14(15)20-4/h7-10,13H,5-6,11-12H2,1-4H3,(H,17,19). The van der Waals surface area contributed by atoms with Crippen molar-refractivity contribution in [2.45, 2.75) is 26.8 Å². The number of hydrogen-bond acceptors (Lipinski definition) is 4. The highest BCUT2D eigenvalue weighted by atomic mass is 16.5. The summed E-state index contributed by atoms with van der Waals surface area (Å²) in [5, 5.41) is 2.89. The molecule has 0 saturated carbocycles. The molecule has 0 spiro atoms. The Morgan fingerprint density at radius 3 is 2.43 bits per heavy atom. The first-order valence-corrected chi connectivity index (χ1v) is 7.38. The summed E-state index contributed by atoms with van der Waals surface area (Å²) in [6.45, 7) is 8.91. The van der Waals surface area contributed by atoms with E-state index in [4.69, 9.17) is 9.47 Å². The number of para-hydroxylation sites is 2. The zero-order chi connectivity index (χ0) is 15.7. The molecule has 0 saturated heterocycles. The van der Waals surface area contributed by atoms with Gasteiger partial charge in [0.05, 0.1) is 7.11 Å². The van der Waals surface area contributed by atoms with E-state index in [9.17, 15) is 4.79 Å². The number of carbonyl (C=O) groups excluding carboxylic acids is 1. The molecule has 0 aliphatic carbocycles. The predicted molar refractivity (Wildman–Crippen MR) is 83.9 cm³/mol. The van der Waals surface area contributed by atoms with Crippen molar-refractivity contribution in [1.82, 2.24) is 10.2 Å². The summed E-state index contributed by atoms with van der Waals surface area (Å²) in [5.74, 6) is 1.08. The minimum atomic E-state index is -0.125. The third-order valence-electron chi connectivity index (χ3n) is 3.46. The van der Waals surface area contributed by atoms with Crippen molar-refractivity contribution < 1.29 is 14.3 Å². The molecule has 0 aliphatic rings. The Kier molecular flexibility index (Phi) is 7.61. The number of hydrogen-bond donors (Lipinski definition) is 1. The van der Waals surface area contributed by atoms with Crippen LogP contribution in [0.25, 0.3) is 0 Å². The van der Waals surface area contributed by atoms with Crippen LogP contribution in [0.4, 0.5) is 0 Å². The van der Waals surface area contributed by atoms with E-state index in [2.05, 4.69) is 31.0 Å². The molecule has 0 aliphatic heterocycles. The van der Waals surface area contributed by atoms with Crippen LogP contribution in [0.3, 0.4) is 0 Å². The SMILES string of the molecule is CCN(CC)C(C)CNC(=O)COc1ccccc1OC. The largest absolute Gasteiger partial charge is 0.493 e. The van der Waals surface area contributed by atoms with Gasteiger partial charge in [-0.2, -0.15) is 0 Å². The molecule has 0 aromatic heterocycles. The van der Waals surface area contributed by atoms with Gasteiger partial charge in [-0.15, -0.1) is 0 Å². The molecule has 21 heavy (non-hydrogen) atoms. The minimum absolute atomic E-state index is 0.00859. The lowest BCUT2D eigenvalue weighted by Gasteiger charge is -2.26. The molecule has 0 heterocycles. The van der Waals surface area contributed by atoms with E-state index in [1.165, 1.54) is 0 Å². The van der Waals surface area contributed by atoms with Crippen molar-refractivity contribution in [2.24, 2.45) is 0 Å². The molecule has 1 unspecified atom stereocenters. The Bertz CT molecular complexity index is 433. The average molecular weight is 294 g/mol. The van der Waals surface area contributed by atoms with Gasteiger partial charge in [-0.1, -0.05) is 26.0 Å². The Morgan fingerprint density at radius 1 is 1.24 bits per heavy atom. The highest BCUT2D eigenvalue weighted by Gasteiger charge is 2.12. The van der Waals surface area contributed by atoms with E-state index in [0.29, 0.717) is 24.1 Å². The van der Waals surface area contributed by atoms with Crippen molar-refractivity contribution in [3.05, 3.63) is 24.3 Å². The van der Waals surface area contributed by atoms with Crippen molar-refractivity contribution in [2.75, 3.05) is 33.4 Å². The number of carbonyl (C=O) groups is 1. The fourth-order valence-electron chi connectivity index (χ4n) is 2.17. The van der Waals surface area contributed by atoms with Gasteiger partial charge in [-0.05, 0) is 32.1 Å². The van der Waals surface area contributed by atoms with Crippen LogP contribution in [0.15, 0.2) is 24.3 Å². The fraction of sp³-hybridized carbons (Fsp3) is 0.562. The third kappa shape index (κ3) is 5.63. The van der Waals surface area contributed by atoms with Gasteiger partial charge in [-0.25, -0.2) is 0 Å². The van der Waals surface area contributed by atoms with Crippen molar-refractivity contribution >= 4 is 5.91 Å². The lowest BCUT2D eigenvalue weighted by molar-refractivity contribution is -0.123. The van der Waals surface area contributed by atoms with E-state index < -0.39 is 0 Å². The van der Waals surface area contributed by atoms with E-state index in [1.54, 1.807) is 19.2 Å². The number of amides is 1. The smallest absolute Gasteiger partial charge is 0.257 e. The topological polar surface area (TPSA) is 50.8 Å². The second-order valence-corrected chi connectivity index (χ2v) is 4.81. The van der Waals surface area contributed by atoms with Gasteiger partial charge in [0.15, 0.2) is 18.1 Å². The maximum Gasteiger partial charge on any atom is 0.257 e. The molecular weight excluding hydrogens is 268 g/mol. The molecule has 5 nitrogen and oxygen atoms in total. The van der Waals surface area contributed by atoms with Crippen LogP contribution in [-0.4, -0.2) is 50.2 Å². The lowest BCUT2D eigenvalue weighted by atomic mass is 10.2. The van der Waals surface area contributed by atoms with Gasteiger partial charge < -0.3 is 14.8 Å². The van der Waals surface area contributed by atoms with E-state index >= 15 is 0 Å². The van der Waals surface area contributed by atoms with Gasteiger partial charge in [0.1, 0.15) is 0 Å². The summed E-state index contributed by atoms with van der Waals surface area (Å²) in [5.41, 5.74) is 0. The molecule has 5 heteroatoms. The Balaban J connectivity index is 2.37. The zero-order valence-corrected chi connectivity index (χ0v) is 13.4. The number of methoxy groups -OCH3 is 1. The van der Waals surface area contributed by atoms with Crippen LogP contribution in [-0.2, 0) is 4.79 Å². The average Bonchev–Trinajstić information content (AvgIpc) is 2.52. The number of benzene rings is 1. The Morgan fingerprint density at radius 2 is 1.86 bits per heavy atom. The Labute approximate surface area is 127 Å². The van der Waals surface area contributed by atoms with Crippen LogP contribution >= 0.6 is 0 Å². The van der Waals surface area contributed by atoms with Gasteiger partial charge in [0.25, 0.3) is 5.91 Å². The maximum absolute atomic E-state index is 11.8. The normalized spacial score (nSPS) is 12.0. The highest BCUT2D eigenvalue weighted by Crippen LogP contribution is 2.25. The number of nitrogens with one attached hydrogen (secondary N) is 1. The fourth-order valence-corrected chi connectivity index (χ4v) is 2.17. The van der Waals surface area contributed by atoms with E-state index in [1.807, 2.05) is 12.1 Å². The van der Waals surface area contributed by atoms with Crippen LogP contribution in [0, 0.1) is 0 Å². The van der Waals surface area contributed by atoms with Gasteiger partial charge in [-0.3, -0.25) is 9.69 Å². The monoisotopic (exact) mass is 294 g/mol. The molecule has 1 aromatic carbocycles. The molecule has 1 N–H and O–H groups in total. The zero-order valence-electron chi connectivity index (χ0n) is 13.4. The lowest BCUT2D eigenvalue weighted by Crippen LogP contribution is -2.43. The molecule has 1 amide bonds. The highest BCUT2D eigenvalue weighted by molar-refractivity contribution is 5.77. The summed E-state index contributed by atoms with van der Waals surface area (Å²) >= 11 is 0. The van der Waals surface area contributed by atoms with E-state index in [-0.39, 0.29) is 12.5 Å².